The first-order valence-corrected chi connectivity index (χ1v) is 11.2. The van der Waals surface area contributed by atoms with E-state index in [1.807, 2.05) is 13.8 Å². The molecule has 198 valence electrons. The largest absolute Gasteiger partial charge is 0.501 e. The Morgan fingerprint density at radius 2 is 1.75 bits per heavy atom. The summed E-state index contributed by atoms with van der Waals surface area (Å²) in [6.07, 6.45) is 2.86. The zero-order valence-electron chi connectivity index (χ0n) is 20.2. The molecule has 3 amide bonds. The lowest BCUT2D eigenvalue weighted by Crippen LogP contribution is -2.50. The van der Waals surface area contributed by atoms with Crippen LogP contribution in [0.3, 0.4) is 0 Å². The highest BCUT2D eigenvalue weighted by molar-refractivity contribution is 5.91. The summed E-state index contributed by atoms with van der Waals surface area (Å²) in [4.78, 5) is 57.7. The Hall–Kier alpha value is -3.93. The lowest BCUT2D eigenvalue weighted by molar-refractivity contribution is -0.139. The van der Waals surface area contributed by atoms with Crippen LogP contribution in [0.5, 0.6) is 0 Å². The summed E-state index contributed by atoms with van der Waals surface area (Å²) in [6.45, 7) is 3.87. The van der Waals surface area contributed by atoms with Crippen molar-refractivity contribution in [2.24, 2.45) is 5.41 Å². The molecule has 0 saturated heterocycles. The molecule has 0 aromatic heterocycles. The summed E-state index contributed by atoms with van der Waals surface area (Å²) in [5, 5.41) is 34.1. The topological polar surface area (TPSA) is 191 Å². The van der Waals surface area contributed by atoms with Crippen LogP contribution in [0.2, 0.25) is 0 Å². The van der Waals surface area contributed by atoms with Crippen LogP contribution < -0.4 is 16.0 Å². The molecule has 0 bridgehead atoms. The van der Waals surface area contributed by atoms with Crippen molar-refractivity contribution in [3.63, 3.8) is 0 Å². The van der Waals surface area contributed by atoms with Crippen molar-refractivity contribution in [2.75, 3.05) is 18.5 Å². The number of amides is 3. The predicted octanol–water partition coefficient (Wildman–Crippen LogP) is 1.29. The molecule has 1 rings (SSSR count). The number of urea groups is 1. The molecule has 6 N–H and O–H groups in total. The fourth-order valence-corrected chi connectivity index (χ4v) is 3.06. The maximum absolute atomic E-state index is 12.4. The highest BCUT2D eigenvalue weighted by atomic mass is 16.5. The highest BCUT2D eigenvalue weighted by Gasteiger charge is 2.24. The van der Waals surface area contributed by atoms with Gasteiger partial charge in [0.05, 0.1) is 25.5 Å². The molecule has 12 heteroatoms. The van der Waals surface area contributed by atoms with Gasteiger partial charge in [-0.1, -0.05) is 26.0 Å². The summed E-state index contributed by atoms with van der Waals surface area (Å²) in [6, 6.07) is 3.15. The molecular weight excluding hydrogens is 474 g/mol. The minimum Gasteiger partial charge on any atom is -0.501 e. The van der Waals surface area contributed by atoms with Crippen LogP contribution in [0.15, 0.2) is 36.6 Å². The fraction of sp³-hybridized carbons (Fsp3) is 0.458. The van der Waals surface area contributed by atoms with E-state index in [0.717, 1.165) is 0 Å². The van der Waals surface area contributed by atoms with Crippen molar-refractivity contribution in [1.82, 2.24) is 10.6 Å². The van der Waals surface area contributed by atoms with E-state index in [0.29, 0.717) is 17.5 Å². The second kappa shape index (κ2) is 15.1. The molecule has 0 aliphatic rings. The van der Waals surface area contributed by atoms with Gasteiger partial charge in [-0.25, -0.2) is 9.59 Å². The summed E-state index contributed by atoms with van der Waals surface area (Å²) in [5.74, 6) is -2.66. The maximum Gasteiger partial charge on any atom is 0.326 e. The van der Waals surface area contributed by atoms with Crippen molar-refractivity contribution >= 4 is 35.9 Å². The molecule has 0 radical (unpaired) electrons. The Morgan fingerprint density at radius 1 is 1.08 bits per heavy atom. The number of benzene rings is 1. The van der Waals surface area contributed by atoms with Crippen LogP contribution >= 0.6 is 0 Å². The molecule has 36 heavy (non-hydrogen) atoms. The Balaban J connectivity index is 2.64. The molecule has 0 fully saturated rings. The summed E-state index contributed by atoms with van der Waals surface area (Å²) in [5.41, 5.74) is 0.620. The van der Waals surface area contributed by atoms with Gasteiger partial charge in [-0.2, -0.15) is 0 Å². The molecule has 0 aliphatic carbocycles. The number of rotatable bonds is 16. The number of aldehydes is 1. The van der Waals surface area contributed by atoms with E-state index in [-0.39, 0.29) is 44.8 Å². The number of carbonyl (C=O) groups is 5. The van der Waals surface area contributed by atoms with Crippen molar-refractivity contribution in [3.05, 3.63) is 42.2 Å². The molecule has 1 aromatic carbocycles. The van der Waals surface area contributed by atoms with Gasteiger partial charge in [0.25, 0.3) is 0 Å². The van der Waals surface area contributed by atoms with Crippen LogP contribution in [0.25, 0.3) is 0 Å². The van der Waals surface area contributed by atoms with Crippen molar-refractivity contribution in [3.8, 4) is 0 Å². The van der Waals surface area contributed by atoms with E-state index >= 15 is 0 Å². The molecule has 0 saturated carbocycles. The van der Waals surface area contributed by atoms with Gasteiger partial charge in [0.2, 0.25) is 5.91 Å². The summed E-state index contributed by atoms with van der Waals surface area (Å²) < 4.78 is 5.29. The first kappa shape index (κ1) is 30.1. The predicted molar refractivity (Wildman–Crippen MR) is 129 cm³/mol. The summed E-state index contributed by atoms with van der Waals surface area (Å²) in [7, 11) is 0. The normalized spacial score (nSPS) is 12.9. The Bertz CT molecular complexity index is 929. The minimum atomic E-state index is -1.31. The zero-order valence-corrected chi connectivity index (χ0v) is 20.2. The zero-order chi connectivity index (χ0) is 27.1. The van der Waals surface area contributed by atoms with Crippen LogP contribution in [0.1, 0.15) is 38.7 Å². The second-order valence-electron chi connectivity index (χ2n) is 8.84. The van der Waals surface area contributed by atoms with Crippen LogP contribution in [-0.4, -0.2) is 70.8 Å². The first-order chi connectivity index (χ1) is 17.0. The third-order valence-corrected chi connectivity index (χ3v) is 4.84. The lowest BCUT2D eigenvalue weighted by Gasteiger charge is -2.23. The Morgan fingerprint density at radius 3 is 2.31 bits per heavy atom. The van der Waals surface area contributed by atoms with Crippen LogP contribution in [0.4, 0.5) is 10.5 Å². The average Bonchev–Trinajstić information content (AvgIpc) is 2.79. The Kier molecular flexibility index (Phi) is 12.7. The molecule has 1 aromatic rings. The SMILES string of the molecule is CC(C)(CO/C=C\CO)CC(=O)Nc1ccc(CC(NC(=O)NC(C=O)CCC(=O)O)C(=O)O)cc1. The molecule has 12 nitrogen and oxygen atoms in total. The van der Waals surface area contributed by atoms with E-state index in [2.05, 4.69) is 16.0 Å². The van der Waals surface area contributed by atoms with Crippen LogP contribution in [0, 0.1) is 5.41 Å². The lowest BCUT2D eigenvalue weighted by atomic mass is 9.90. The molecule has 0 heterocycles. The third-order valence-electron chi connectivity index (χ3n) is 4.84. The average molecular weight is 508 g/mol. The van der Waals surface area contributed by atoms with Gasteiger partial charge in [0.15, 0.2) is 0 Å². The number of ether oxygens (including phenoxy) is 1. The number of anilines is 1. The van der Waals surface area contributed by atoms with E-state index in [1.54, 1.807) is 24.3 Å². The standard InChI is InChI=1S/C24H33N3O9/c1-24(2,15-36-11-3-10-28)13-20(30)25-17-6-4-16(5-7-17)12-19(22(33)34)27-23(35)26-18(14-29)8-9-21(31)32/h3-7,11,14,18-19,28H,8-10,12-13,15H2,1-2H3,(H,25,30)(H,31,32)(H,33,34)(H2,26,27,35)/b11-3-. The number of carboxylic acids is 2. The number of hydrogen-bond donors (Lipinski definition) is 6. The number of aliphatic hydroxyl groups excluding tert-OH is 1. The summed E-state index contributed by atoms with van der Waals surface area (Å²) >= 11 is 0. The van der Waals surface area contributed by atoms with Gasteiger partial charge in [-0.3, -0.25) is 9.59 Å². The number of hydrogen-bond acceptors (Lipinski definition) is 7. The molecule has 2 unspecified atom stereocenters. The van der Waals surface area contributed by atoms with Gasteiger partial charge in [0, 0.05) is 30.4 Å². The minimum absolute atomic E-state index is 0.0659. The van der Waals surface area contributed by atoms with Gasteiger partial charge in [0.1, 0.15) is 12.3 Å². The van der Waals surface area contributed by atoms with Crippen LogP contribution in [-0.2, 0) is 30.3 Å². The fourth-order valence-electron chi connectivity index (χ4n) is 3.06. The van der Waals surface area contributed by atoms with Crippen molar-refractivity contribution < 1.29 is 44.0 Å². The molecule has 0 spiro atoms. The monoisotopic (exact) mass is 507 g/mol. The Labute approximate surface area is 208 Å². The molecule has 2 atom stereocenters. The van der Waals surface area contributed by atoms with Crippen molar-refractivity contribution in [2.45, 2.75) is 51.6 Å². The number of carbonyl (C=O) groups excluding carboxylic acids is 3. The smallest absolute Gasteiger partial charge is 0.326 e. The quantitative estimate of drug-likeness (QED) is 0.141. The number of aliphatic carboxylic acids is 2. The van der Waals surface area contributed by atoms with Gasteiger partial charge in [-0.05, 0) is 30.2 Å². The van der Waals surface area contributed by atoms with E-state index < -0.39 is 35.5 Å². The maximum atomic E-state index is 12.4. The second-order valence-corrected chi connectivity index (χ2v) is 8.84. The number of nitrogens with one attached hydrogen (secondary N) is 3. The first-order valence-electron chi connectivity index (χ1n) is 11.2. The van der Waals surface area contributed by atoms with E-state index in [9.17, 15) is 29.1 Å². The van der Waals surface area contributed by atoms with Crippen molar-refractivity contribution in [1.29, 1.82) is 0 Å². The van der Waals surface area contributed by atoms with E-state index in [1.165, 1.54) is 12.3 Å². The third kappa shape index (κ3) is 12.5. The van der Waals surface area contributed by atoms with E-state index in [4.69, 9.17) is 14.9 Å². The van der Waals surface area contributed by atoms with Gasteiger partial charge < -0.3 is 40.8 Å². The number of aliphatic hydroxyl groups is 1. The molecule has 0 aliphatic heterocycles. The van der Waals surface area contributed by atoms with Gasteiger partial charge in [-0.15, -0.1) is 0 Å². The highest BCUT2D eigenvalue weighted by Crippen LogP contribution is 2.22. The number of carboxylic acid groups (broad SMARTS) is 2. The molecular formula is C24H33N3O9. The van der Waals surface area contributed by atoms with Gasteiger partial charge >= 0.3 is 18.0 Å².